The summed E-state index contributed by atoms with van der Waals surface area (Å²) < 4.78 is 17.0. The summed E-state index contributed by atoms with van der Waals surface area (Å²) in [6.07, 6.45) is 0. The summed E-state index contributed by atoms with van der Waals surface area (Å²) in [5, 5.41) is 11.7. The van der Waals surface area contributed by atoms with Crippen LogP contribution in [-0.4, -0.2) is 36.5 Å². The van der Waals surface area contributed by atoms with Crippen LogP contribution in [0.1, 0.15) is 39.4 Å². The second-order valence-corrected chi connectivity index (χ2v) is 9.42. The number of nitrogens with zero attached hydrogens (tertiary/aromatic N) is 1. The molecule has 1 amide bonds. The molecule has 9 heteroatoms. The predicted octanol–water partition coefficient (Wildman–Crippen LogP) is 6.16. The van der Waals surface area contributed by atoms with Crippen molar-refractivity contribution < 1.29 is 33.4 Å². The number of carbonyl (C=O) groups excluding carboxylic acids is 3. The highest BCUT2D eigenvalue weighted by Crippen LogP contribution is 2.43. The molecule has 0 fully saturated rings. The van der Waals surface area contributed by atoms with Crippen LogP contribution in [0.4, 0.5) is 5.69 Å². The molecule has 1 N–H and O–H groups in total. The first-order valence-corrected chi connectivity index (χ1v) is 12.5. The number of furan rings is 1. The van der Waals surface area contributed by atoms with Crippen molar-refractivity contribution in [3.8, 4) is 5.75 Å². The number of benzene rings is 3. The number of amides is 1. The van der Waals surface area contributed by atoms with Crippen LogP contribution in [0.5, 0.6) is 5.75 Å². The second-order valence-electron chi connectivity index (χ2n) is 8.51. The zero-order valence-electron chi connectivity index (χ0n) is 20.4. The van der Waals surface area contributed by atoms with E-state index in [1.807, 2.05) is 0 Å². The number of aliphatic hydroxyl groups is 1. The average molecular weight is 576 g/mol. The molecule has 1 aliphatic rings. The second kappa shape index (κ2) is 10.2. The van der Waals surface area contributed by atoms with Gasteiger partial charge in [-0.2, -0.15) is 0 Å². The van der Waals surface area contributed by atoms with Gasteiger partial charge >= 0.3 is 5.97 Å². The Kier molecular flexibility index (Phi) is 6.77. The molecule has 3 aromatic carbocycles. The molecule has 1 aromatic heterocycles. The minimum atomic E-state index is -0.988. The first kappa shape index (κ1) is 25.3. The van der Waals surface area contributed by atoms with Crippen molar-refractivity contribution in [3.63, 3.8) is 0 Å². The van der Waals surface area contributed by atoms with Gasteiger partial charge in [-0.25, -0.2) is 4.79 Å². The van der Waals surface area contributed by atoms with Crippen LogP contribution in [0.3, 0.4) is 0 Å². The van der Waals surface area contributed by atoms with Crippen LogP contribution in [-0.2, 0) is 9.53 Å². The van der Waals surface area contributed by atoms with E-state index in [1.165, 1.54) is 24.1 Å². The summed E-state index contributed by atoms with van der Waals surface area (Å²) in [6, 6.07) is 19.0. The fourth-order valence-corrected chi connectivity index (χ4v) is 4.84. The Morgan fingerprint density at radius 3 is 2.53 bits per heavy atom. The minimum absolute atomic E-state index is 0.0140. The molecule has 8 nitrogen and oxygen atoms in total. The molecule has 0 aliphatic carbocycles. The van der Waals surface area contributed by atoms with E-state index < -0.39 is 29.5 Å². The highest BCUT2D eigenvalue weighted by molar-refractivity contribution is 9.10. The Morgan fingerprint density at radius 2 is 1.82 bits per heavy atom. The Morgan fingerprint density at radius 1 is 1.05 bits per heavy atom. The van der Waals surface area contributed by atoms with Gasteiger partial charge in [0.1, 0.15) is 11.3 Å². The molecule has 1 unspecified atom stereocenters. The molecule has 0 saturated carbocycles. The molecule has 192 valence electrons. The van der Waals surface area contributed by atoms with Gasteiger partial charge in [0.25, 0.3) is 5.91 Å². The average Bonchev–Trinajstić information content (AvgIpc) is 3.46. The number of hydrogen-bond donors (Lipinski definition) is 1. The molecule has 2 heterocycles. The third-order valence-corrected chi connectivity index (χ3v) is 6.71. The van der Waals surface area contributed by atoms with Crippen molar-refractivity contribution in [3.05, 3.63) is 105 Å². The topological polar surface area (TPSA) is 106 Å². The quantitative estimate of drug-likeness (QED) is 0.207. The predicted molar refractivity (Wildman–Crippen MR) is 144 cm³/mol. The lowest BCUT2D eigenvalue weighted by molar-refractivity contribution is -0.117. The van der Waals surface area contributed by atoms with Crippen molar-refractivity contribution >= 4 is 50.2 Å². The van der Waals surface area contributed by atoms with Crippen LogP contribution in [0.15, 0.2) is 93.0 Å². The standard InChI is InChI=1S/C29H22BrNO7/c1-3-37-29(35)16-7-10-20(11-8-16)31-25(17-5-4-6-21(14-17)36-2)24(27(33)28(31)34)26(32)23-15-18-13-19(30)9-12-22(18)38-23/h4-15,25,33H,3H2,1-2H3. The fraction of sp³-hybridized carbons (Fsp3) is 0.138. The maximum Gasteiger partial charge on any atom is 0.338 e. The van der Waals surface area contributed by atoms with E-state index in [0.29, 0.717) is 33.5 Å². The molecule has 0 saturated heterocycles. The lowest BCUT2D eigenvalue weighted by Crippen LogP contribution is -2.31. The normalized spacial score (nSPS) is 15.3. The van der Waals surface area contributed by atoms with E-state index in [-0.39, 0.29) is 17.9 Å². The molecule has 5 rings (SSSR count). The number of aliphatic hydroxyl groups excluding tert-OH is 1. The van der Waals surface area contributed by atoms with Gasteiger partial charge in [0, 0.05) is 15.5 Å². The number of hydrogen-bond acceptors (Lipinski definition) is 7. The number of esters is 1. The summed E-state index contributed by atoms with van der Waals surface area (Å²) in [5.41, 5.74) is 1.58. The number of rotatable bonds is 7. The van der Waals surface area contributed by atoms with E-state index in [1.54, 1.807) is 67.6 Å². The van der Waals surface area contributed by atoms with Crippen LogP contribution in [0, 0.1) is 0 Å². The maximum absolute atomic E-state index is 13.8. The van der Waals surface area contributed by atoms with Crippen molar-refractivity contribution in [1.82, 2.24) is 0 Å². The van der Waals surface area contributed by atoms with Gasteiger partial charge in [-0.1, -0.05) is 28.1 Å². The monoisotopic (exact) mass is 575 g/mol. The molecule has 4 aromatic rings. The van der Waals surface area contributed by atoms with Crippen molar-refractivity contribution in [2.45, 2.75) is 13.0 Å². The minimum Gasteiger partial charge on any atom is -0.503 e. The number of fused-ring (bicyclic) bond motifs is 1. The Labute approximate surface area is 226 Å². The molecular formula is C29H22BrNO7. The molecular weight excluding hydrogens is 554 g/mol. The van der Waals surface area contributed by atoms with Crippen LogP contribution in [0.25, 0.3) is 11.0 Å². The lowest BCUT2D eigenvalue weighted by atomic mass is 9.94. The maximum atomic E-state index is 13.8. The zero-order chi connectivity index (χ0) is 27.0. The summed E-state index contributed by atoms with van der Waals surface area (Å²) in [5.74, 6) is -2.06. The smallest absolute Gasteiger partial charge is 0.338 e. The molecule has 1 aliphatic heterocycles. The van der Waals surface area contributed by atoms with Crippen LogP contribution < -0.4 is 9.64 Å². The highest BCUT2D eigenvalue weighted by Gasteiger charge is 2.45. The number of anilines is 1. The summed E-state index contributed by atoms with van der Waals surface area (Å²) in [6.45, 7) is 1.94. The third-order valence-electron chi connectivity index (χ3n) is 6.22. The first-order chi connectivity index (χ1) is 18.3. The van der Waals surface area contributed by atoms with Gasteiger partial charge in [-0.05, 0) is 73.2 Å². The summed E-state index contributed by atoms with van der Waals surface area (Å²) in [4.78, 5) is 40.7. The van der Waals surface area contributed by atoms with Crippen molar-refractivity contribution in [2.24, 2.45) is 0 Å². The van der Waals surface area contributed by atoms with Crippen LogP contribution in [0.2, 0.25) is 0 Å². The Balaban J connectivity index is 1.61. The van der Waals surface area contributed by atoms with E-state index in [4.69, 9.17) is 13.9 Å². The van der Waals surface area contributed by atoms with E-state index in [9.17, 15) is 19.5 Å². The third kappa shape index (κ3) is 4.45. The first-order valence-electron chi connectivity index (χ1n) is 11.7. The summed E-state index contributed by atoms with van der Waals surface area (Å²) >= 11 is 3.40. The van der Waals surface area contributed by atoms with Crippen molar-refractivity contribution in [2.75, 3.05) is 18.6 Å². The van der Waals surface area contributed by atoms with Crippen molar-refractivity contribution in [1.29, 1.82) is 0 Å². The molecule has 0 radical (unpaired) electrons. The summed E-state index contributed by atoms with van der Waals surface area (Å²) in [7, 11) is 1.51. The van der Waals surface area contributed by atoms with Gasteiger partial charge in [0.15, 0.2) is 11.5 Å². The van der Waals surface area contributed by atoms with Gasteiger partial charge in [0.2, 0.25) is 5.78 Å². The fourth-order valence-electron chi connectivity index (χ4n) is 4.46. The molecule has 38 heavy (non-hydrogen) atoms. The zero-order valence-corrected chi connectivity index (χ0v) is 22.0. The van der Waals surface area contributed by atoms with Gasteiger partial charge in [-0.15, -0.1) is 0 Å². The number of halogens is 1. The molecule has 1 atom stereocenters. The number of ketones is 1. The number of Topliss-reactive ketones (excluding diaryl/α,β-unsaturated/α-hetero) is 1. The Hall–Kier alpha value is -4.37. The molecule has 0 bridgehead atoms. The van der Waals surface area contributed by atoms with E-state index >= 15 is 0 Å². The number of carbonyl (C=O) groups is 3. The van der Waals surface area contributed by atoms with E-state index in [2.05, 4.69) is 15.9 Å². The number of methoxy groups -OCH3 is 1. The Bertz CT molecular complexity index is 1600. The van der Waals surface area contributed by atoms with Crippen LogP contribution >= 0.6 is 15.9 Å². The number of ether oxygens (including phenoxy) is 2. The van der Waals surface area contributed by atoms with Gasteiger partial charge < -0.3 is 19.0 Å². The van der Waals surface area contributed by atoms with Gasteiger partial charge in [0.05, 0.1) is 30.9 Å². The lowest BCUT2D eigenvalue weighted by Gasteiger charge is -2.27. The SMILES string of the molecule is CCOC(=O)c1ccc(N2C(=O)C(O)=C(C(=O)c3cc4cc(Br)ccc4o3)C2c2cccc(OC)c2)cc1. The largest absolute Gasteiger partial charge is 0.503 e. The van der Waals surface area contributed by atoms with E-state index in [0.717, 1.165) is 4.47 Å². The van der Waals surface area contributed by atoms with Gasteiger partial charge in [-0.3, -0.25) is 14.5 Å². The molecule has 0 spiro atoms. The highest BCUT2D eigenvalue weighted by atomic mass is 79.9.